The Morgan fingerprint density at radius 3 is 2.57 bits per heavy atom. The number of halogens is 1. The molecule has 5 nitrogen and oxygen atoms in total. The van der Waals surface area contributed by atoms with Crippen LogP contribution in [0.15, 0.2) is 60.8 Å². The second kappa shape index (κ2) is 6.46. The highest BCUT2D eigenvalue weighted by atomic mass is 35.5. The molecule has 0 bridgehead atoms. The Balaban J connectivity index is 2.04. The number of benzene rings is 2. The van der Waals surface area contributed by atoms with Crippen molar-refractivity contribution in [3.05, 3.63) is 71.4 Å². The minimum absolute atomic E-state index is 0.0337. The summed E-state index contributed by atoms with van der Waals surface area (Å²) in [5.41, 5.74) is 0.644. The lowest BCUT2D eigenvalue weighted by molar-refractivity contribution is 0.0693. The third-order valence-electron chi connectivity index (χ3n) is 3.03. The van der Waals surface area contributed by atoms with Gasteiger partial charge in [-0.15, -0.1) is 0 Å². The lowest BCUT2D eigenvalue weighted by Gasteiger charge is -2.09. The van der Waals surface area contributed by atoms with Crippen molar-refractivity contribution < 1.29 is 14.6 Å². The number of carboxylic acids is 1. The van der Waals surface area contributed by atoms with Gasteiger partial charge in [-0.25, -0.2) is 9.78 Å². The van der Waals surface area contributed by atoms with Gasteiger partial charge in [-0.1, -0.05) is 48.0 Å². The Morgan fingerprint density at radius 2 is 1.87 bits per heavy atom. The predicted octanol–water partition coefficient (Wildman–Crippen LogP) is 4.29. The van der Waals surface area contributed by atoms with Gasteiger partial charge in [0, 0.05) is 16.8 Å². The summed E-state index contributed by atoms with van der Waals surface area (Å²) >= 11 is 5.91. The number of hydrogen-bond donors (Lipinski definition) is 1. The van der Waals surface area contributed by atoms with E-state index in [-0.39, 0.29) is 11.4 Å². The van der Waals surface area contributed by atoms with Crippen LogP contribution < -0.4 is 4.74 Å². The van der Waals surface area contributed by atoms with Gasteiger partial charge in [-0.3, -0.25) is 0 Å². The summed E-state index contributed by atoms with van der Waals surface area (Å²) in [4.78, 5) is 19.7. The summed E-state index contributed by atoms with van der Waals surface area (Å²) in [6.45, 7) is 0. The highest BCUT2D eigenvalue weighted by molar-refractivity contribution is 6.30. The molecular weight excluding hydrogens is 316 g/mol. The number of aromatic nitrogens is 2. The van der Waals surface area contributed by atoms with E-state index in [2.05, 4.69) is 9.97 Å². The van der Waals surface area contributed by atoms with Crippen molar-refractivity contribution in [1.29, 1.82) is 0 Å². The normalized spacial score (nSPS) is 10.3. The van der Waals surface area contributed by atoms with Gasteiger partial charge < -0.3 is 9.84 Å². The molecule has 0 aliphatic heterocycles. The van der Waals surface area contributed by atoms with Crippen LogP contribution in [0.2, 0.25) is 5.02 Å². The van der Waals surface area contributed by atoms with E-state index in [4.69, 9.17) is 16.3 Å². The first-order chi connectivity index (χ1) is 11.1. The Labute approximate surface area is 137 Å². The van der Waals surface area contributed by atoms with E-state index < -0.39 is 5.97 Å². The van der Waals surface area contributed by atoms with Crippen molar-refractivity contribution in [3.8, 4) is 23.0 Å². The summed E-state index contributed by atoms with van der Waals surface area (Å²) in [6, 6.07) is 15.9. The van der Waals surface area contributed by atoms with Crippen molar-refractivity contribution >= 4 is 17.6 Å². The maximum atomic E-state index is 11.3. The molecule has 0 saturated heterocycles. The molecule has 3 aromatic rings. The van der Waals surface area contributed by atoms with Crippen LogP contribution in [0.5, 0.6) is 11.6 Å². The van der Waals surface area contributed by atoms with Gasteiger partial charge in [0.1, 0.15) is 11.3 Å². The van der Waals surface area contributed by atoms with E-state index >= 15 is 0 Å². The zero-order valence-electron chi connectivity index (χ0n) is 11.8. The van der Waals surface area contributed by atoms with E-state index in [1.165, 1.54) is 6.20 Å². The van der Waals surface area contributed by atoms with Crippen LogP contribution in [-0.4, -0.2) is 21.0 Å². The summed E-state index contributed by atoms with van der Waals surface area (Å²) in [6.07, 6.45) is 1.23. The average molecular weight is 327 g/mol. The zero-order valence-corrected chi connectivity index (χ0v) is 12.6. The maximum absolute atomic E-state index is 11.3. The molecule has 114 valence electrons. The second-order valence-electron chi connectivity index (χ2n) is 4.64. The number of carbonyl (C=O) groups is 1. The molecular formula is C17H11ClN2O3. The Morgan fingerprint density at radius 1 is 1.09 bits per heavy atom. The van der Waals surface area contributed by atoms with Crippen molar-refractivity contribution in [2.45, 2.75) is 0 Å². The first-order valence-electron chi connectivity index (χ1n) is 6.72. The number of nitrogens with zero attached hydrogens (tertiary/aromatic N) is 2. The third kappa shape index (κ3) is 3.46. The van der Waals surface area contributed by atoms with Crippen LogP contribution in [0, 0.1) is 0 Å². The maximum Gasteiger partial charge on any atom is 0.342 e. The average Bonchev–Trinajstić information content (AvgIpc) is 2.55. The standard InChI is InChI=1S/C17H11ClN2O3/c18-12-7-4-8-13(9-12)23-16-14(17(21)22)10-19-15(20-16)11-5-2-1-3-6-11/h1-10H,(H,21,22). The molecule has 3 rings (SSSR count). The van der Waals surface area contributed by atoms with E-state index in [1.807, 2.05) is 30.3 Å². The summed E-state index contributed by atoms with van der Waals surface area (Å²) < 4.78 is 5.60. The monoisotopic (exact) mass is 326 g/mol. The molecule has 0 aliphatic rings. The molecule has 1 N–H and O–H groups in total. The van der Waals surface area contributed by atoms with Gasteiger partial charge in [0.05, 0.1) is 0 Å². The van der Waals surface area contributed by atoms with Crippen LogP contribution in [0.4, 0.5) is 0 Å². The summed E-state index contributed by atoms with van der Waals surface area (Å²) in [7, 11) is 0. The van der Waals surface area contributed by atoms with Gasteiger partial charge in [0.15, 0.2) is 5.82 Å². The lowest BCUT2D eigenvalue weighted by atomic mass is 10.2. The Hall–Kier alpha value is -2.92. The van der Waals surface area contributed by atoms with Crippen molar-refractivity contribution in [2.24, 2.45) is 0 Å². The van der Waals surface area contributed by atoms with Crippen LogP contribution in [-0.2, 0) is 0 Å². The van der Waals surface area contributed by atoms with Crippen molar-refractivity contribution in [1.82, 2.24) is 9.97 Å². The van der Waals surface area contributed by atoms with Gasteiger partial charge in [-0.2, -0.15) is 4.98 Å². The van der Waals surface area contributed by atoms with E-state index in [9.17, 15) is 9.90 Å². The van der Waals surface area contributed by atoms with Gasteiger partial charge in [0.25, 0.3) is 0 Å². The molecule has 0 atom stereocenters. The largest absolute Gasteiger partial charge is 0.477 e. The molecule has 1 heterocycles. The Bertz CT molecular complexity index is 853. The van der Waals surface area contributed by atoms with Gasteiger partial charge in [-0.05, 0) is 18.2 Å². The number of hydrogen-bond acceptors (Lipinski definition) is 4. The molecule has 6 heteroatoms. The fraction of sp³-hybridized carbons (Fsp3) is 0. The van der Waals surface area contributed by atoms with Crippen LogP contribution in [0.1, 0.15) is 10.4 Å². The number of carboxylic acid groups (broad SMARTS) is 1. The highest BCUT2D eigenvalue weighted by Crippen LogP contribution is 2.27. The smallest absolute Gasteiger partial charge is 0.342 e. The first-order valence-corrected chi connectivity index (χ1v) is 7.10. The third-order valence-corrected chi connectivity index (χ3v) is 3.26. The molecule has 1 aromatic heterocycles. The quantitative estimate of drug-likeness (QED) is 0.774. The van der Waals surface area contributed by atoms with E-state index in [1.54, 1.807) is 24.3 Å². The van der Waals surface area contributed by atoms with Crippen LogP contribution in [0.3, 0.4) is 0 Å². The zero-order chi connectivity index (χ0) is 16.2. The number of rotatable bonds is 4. The fourth-order valence-electron chi connectivity index (χ4n) is 1.96. The summed E-state index contributed by atoms with van der Waals surface area (Å²) in [5, 5.41) is 9.76. The number of aromatic carboxylic acids is 1. The molecule has 0 spiro atoms. The highest BCUT2D eigenvalue weighted by Gasteiger charge is 2.16. The second-order valence-corrected chi connectivity index (χ2v) is 5.08. The van der Waals surface area contributed by atoms with E-state index in [0.717, 1.165) is 5.56 Å². The lowest BCUT2D eigenvalue weighted by Crippen LogP contribution is -2.04. The van der Waals surface area contributed by atoms with Crippen molar-refractivity contribution in [3.63, 3.8) is 0 Å². The molecule has 0 unspecified atom stereocenters. The van der Waals surface area contributed by atoms with Crippen LogP contribution >= 0.6 is 11.6 Å². The minimum Gasteiger partial charge on any atom is -0.477 e. The SMILES string of the molecule is O=C(O)c1cnc(-c2ccccc2)nc1Oc1cccc(Cl)c1. The van der Waals surface area contributed by atoms with E-state index in [0.29, 0.717) is 16.6 Å². The molecule has 23 heavy (non-hydrogen) atoms. The molecule has 2 aromatic carbocycles. The van der Waals surface area contributed by atoms with Gasteiger partial charge in [0.2, 0.25) is 5.88 Å². The molecule has 0 radical (unpaired) electrons. The topological polar surface area (TPSA) is 72.3 Å². The Kier molecular flexibility index (Phi) is 4.21. The van der Waals surface area contributed by atoms with Crippen molar-refractivity contribution in [2.75, 3.05) is 0 Å². The number of ether oxygens (including phenoxy) is 1. The van der Waals surface area contributed by atoms with Crippen LogP contribution in [0.25, 0.3) is 11.4 Å². The predicted molar refractivity (Wildman–Crippen MR) is 86.0 cm³/mol. The molecule has 0 aliphatic carbocycles. The minimum atomic E-state index is -1.17. The molecule has 0 saturated carbocycles. The fourth-order valence-corrected chi connectivity index (χ4v) is 2.14. The first kappa shape index (κ1) is 15.0. The molecule has 0 amide bonds. The van der Waals surface area contributed by atoms with Gasteiger partial charge >= 0.3 is 5.97 Å². The molecule has 0 fully saturated rings. The summed E-state index contributed by atoms with van der Waals surface area (Å²) in [5.74, 6) is -0.416.